The quantitative estimate of drug-likeness (QED) is 0.417. The summed E-state index contributed by atoms with van der Waals surface area (Å²) >= 11 is 6.43. The van der Waals surface area contributed by atoms with Crippen molar-refractivity contribution in [3.8, 4) is 11.3 Å². The van der Waals surface area contributed by atoms with E-state index < -0.39 is 0 Å². The van der Waals surface area contributed by atoms with Crippen LogP contribution in [0.25, 0.3) is 11.3 Å². The predicted octanol–water partition coefficient (Wildman–Crippen LogP) is 3.15. The standard InChI is InChI=1S/C27H28ClN5O4/c28-23-13-30-27(31-21-6-8-37-9-7-21)32-25(23)19-4-5-20-14-33(26(36)22(20)11-19)15-24(35)29-12-17-2-1-3-18(10-17)16-34/h1-5,10-11,13,21,34H,6-9,12,14-16H2,(H,29,35)(H,30,31,32). The van der Waals surface area contributed by atoms with Gasteiger partial charge in [-0.15, -0.1) is 0 Å². The van der Waals surface area contributed by atoms with Crippen LogP contribution in [-0.2, 0) is 29.2 Å². The Labute approximate surface area is 219 Å². The Morgan fingerprint density at radius 3 is 2.78 bits per heavy atom. The molecule has 3 heterocycles. The second kappa shape index (κ2) is 11.2. The Balaban J connectivity index is 1.25. The van der Waals surface area contributed by atoms with Gasteiger partial charge in [0.15, 0.2) is 0 Å². The highest BCUT2D eigenvalue weighted by Gasteiger charge is 2.29. The molecular formula is C27H28ClN5O4. The highest BCUT2D eigenvalue weighted by Crippen LogP contribution is 2.31. The number of carbonyl (C=O) groups excluding carboxylic acids is 2. The number of aliphatic hydroxyl groups excluding tert-OH is 1. The number of ether oxygens (including phenoxy) is 1. The van der Waals surface area contributed by atoms with E-state index in [1.807, 2.05) is 36.4 Å². The number of fused-ring (bicyclic) bond motifs is 1. The van der Waals surface area contributed by atoms with Crippen molar-refractivity contribution < 1.29 is 19.4 Å². The molecule has 0 spiro atoms. The molecule has 0 unspecified atom stereocenters. The second-order valence-electron chi connectivity index (χ2n) is 9.21. The lowest BCUT2D eigenvalue weighted by Gasteiger charge is -2.23. The summed E-state index contributed by atoms with van der Waals surface area (Å²) in [6.07, 6.45) is 3.33. The van der Waals surface area contributed by atoms with Crippen LogP contribution >= 0.6 is 11.6 Å². The van der Waals surface area contributed by atoms with Crippen LogP contribution < -0.4 is 10.6 Å². The van der Waals surface area contributed by atoms with Crippen molar-refractivity contribution in [3.63, 3.8) is 0 Å². The number of aromatic nitrogens is 2. The molecule has 2 aliphatic rings. The van der Waals surface area contributed by atoms with Gasteiger partial charge in [-0.1, -0.05) is 48.0 Å². The van der Waals surface area contributed by atoms with Gasteiger partial charge in [0.05, 0.1) is 23.5 Å². The number of halogens is 1. The maximum absolute atomic E-state index is 13.1. The van der Waals surface area contributed by atoms with E-state index in [0.29, 0.717) is 54.1 Å². The maximum Gasteiger partial charge on any atom is 0.254 e. The summed E-state index contributed by atoms with van der Waals surface area (Å²) < 4.78 is 5.41. The molecule has 9 nitrogen and oxygen atoms in total. The van der Waals surface area contributed by atoms with Gasteiger partial charge in [0.25, 0.3) is 5.91 Å². The molecule has 1 aromatic heterocycles. The van der Waals surface area contributed by atoms with Gasteiger partial charge >= 0.3 is 0 Å². The van der Waals surface area contributed by atoms with Crippen LogP contribution in [0.5, 0.6) is 0 Å². The van der Waals surface area contributed by atoms with Crippen LogP contribution in [0.3, 0.4) is 0 Å². The number of benzene rings is 2. The minimum absolute atomic E-state index is 0.0457. The average Bonchev–Trinajstić information content (AvgIpc) is 3.23. The predicted molar refractivity (Wildman–Crippen MR) is 139 cm³/mol. The molecule has 5 rings (SSSR count). The van der Waals surface area contributed by atoms with Gasteiger partial charge < -0.3 is 25.4 Å². The first-order valence-corrected chi connectivity index (χ1v) is 12.6. The topological polar surface area (TPSA) is 117 Å². The van der Waals surface area contributed by atoms with E-state index in [2.05, 4.69) is 20.6 Å². The lowest BCUT2D eigenvalue weighted by atomic mass is 10.0. The normalized spacial score (nSPS) is 15.5. The molecule has 192 valence electrons. The molecular weight excluding hydrogens is 494 g/mol. The Kier molecular flexibility index (Phi) is 7.64. The van der Waals surface area contributed by atoms with Crippen molar-refractivity contribution in [2.24, 2.45) is 0 Å². The Bertz CT molecular complexity index is 1310. The summed E-state index contributed by atoms with van der Waals surface area (Å²) in [6.45, 7) is 1.99. The first-order valence-electron chi connectivity index (χ1n) is 12.2. The summed E-state index contributed by atoms with van der Waals surface area (Å²) in [6, 6.07) is 13.1. The molecule has 0 radical (unpaired) electrons. The third kappa shape index (κ3) is 5.90. The number of anilines is 1. The van der Waals surface area contributed by atoms with Crippen molar-refractivity contribution >= 4 is 29.4 Å². The zero-order valence-electron chi connectivity index (χ0n) is 20.2. The van der Waals surface area contributed by atoms with Gasteiger partial charge in [0.1, 0.15) is 6.54 Å². The molecule has 1 fully saturated rings. The van der Waals surface area contributed by atoms with Crippen molar-refractivity contribution in [1.29, 1.82) is 0 Å². The third-order valence-corrected chi connectivity index (χ3v) is 6.84. The molecule has 3 aromatic rings. The van der Waals surface area contributed by atoms with Crippen molar-refractivity contribution in [3.05, 3.63) is 75.9 Å². The molecule has 0 aliphatic carbocycles. The van der Waals surface area contributed by atoms with Crippen LogP contribution in [0.1, 0.15) is 39.9 Å². The first-order chi connectivity index (χ1) is 18.0. The SMILES string of the molecule is O=C(CN1Cc2ccc(-c3nc(NC4CCOCC4)ncc3Cl)cc2C1=O)NCc1cccc(CO)c1. The molecule has 0 atom stereocenters. The van der Waals surface area contributed by atoms with Gasteiger partial charge in [-0.05, 0) is 35.6 Å². The first kappa shape index (κ1) is 25.1. The zero-order valence-corrected chi connectivity index (χ0v) is 21.0. The minimum Gasteiger partial charge on any atom is -0.392 e. The van der Waals surface area contributed by atoms with E-state index in [4.69, 9.17) is 16.3 Å². The van der Waals surface area contributed by atoms with Crippen molar-refractivity contribution in [1.82, 2.24) is 20.2 Å². The van der Waals surface area contributed by atoms with E-state index in [-0.39, 0.29) is 31.0 Å². The third-order valence-electron chi connectivity index (χ3n) is 6.56. The summed E-state index contributed by atoms with van der Waals surface area (Å²) in [5, 5.41) is 15.9. The molecule has 0 saturated carbocycles. The zero-order chi connectivity index (χ0) is 25.8. The molecule has 37 heavy (non-hydrogen) atoms. The van der Waals surface area contributed by atoms with Gasteiger partial charge in [0, 0.05) is 43.5 Å². The van der Waals surface area contributed by atoms with E-state index >= 15 is 0 Å². The molecule has 2 amide bonds. The van der Waals surface area contributed by atoms with E-state index in [1.165, 1.54) is 4.90 Å². The van der Waals surface area contributed by atoms with Crippen molar-refractivity contribution in [2.45, 2.75) is 38.6 Å². The highest BCUT2D eigenvalue weighted by atomic mass is 35.5. The van der Waals surface area contributed by atoms with E-state index in [1.54, 1.807) is 12.3 Å². The molecule has 0 bridgehead atoms. The number of nitrogens with one attached hydrogen (secondary N) is 2. The number of hydrogen-bond acceptors (Lipinski definition) is 7. The molecule has 1 saturated heterocycles. The van der Waals surface area contributed by atoms with Crippen molar-refractivity contribution in [2.75, 3.05) is 25.1 Å². The molecule has 2 aromatic carbocycles. The number of rotatable bonds is 8. The summed E-state index contributed by atoms with van der Waals surface area (Å²) in [7, 11) is 0. The molecule has 3 N–H and O–H groups in total. The number of aliphatic hydroxyl groups is 1. The Hall–Kier alpha value is -3.53. The molecule has 10 heteroatoms. The van der Waals surface area contributed by atoms with Crippen LogP contribution in [0.2, 0.25) is 5.02 Å². The highest BCUT2D eigenvalue weighted by molar-refractivity contribution is 6.33. The van der Waals surface area contributed by atoms with Crippen LogP contribution in [0.15, 0.2) is 48.7 Å². The lowest BCUT2D eigenvalue weighted by molar-refractivity contribution is -0.122. The van der Waals surface area contributed by atoms with Gasteiger partial charge in [-0.2, -0.15) is 0 Å². The minimum atomic E-state index is -0.251. The fourth-order valence-electron chi connectivity index (χ4n) is 4.57. The average molecular weight is 522 g/mol. The van der Waals surface area contributed by atoms with Gasteiger partial charge in [0.2, 0.25) is 11.9 Å². The van der Waals surface area contributed by atoms with Gasteiger partial charge in [-0.25, -0.2) is 9.97 Å². The monoisotopic (exact) mass is 521 g/mol. The summed E-state index contributed by atoms with van der Waals surface area (Å²) in [5.74, 6) is 0.0272. The fourth-order valence-corrected chi connectivity index (χ4v) is 4.77. The Morgan fingerprint density at radius 1 is 1.16 bits per heavy atom. The van der Waals surface area contributed by atoms with Crippen LogP contribution in [0.4, 0.5) is 5.95 Å². The number of carbonyl (C=O) groups is 2. The smallest absolute Gasteiger partial charge is 0.254 e. The number of hydrogen-bond donors (Lipinski definition) is 3. The largest absolute Gasteiger partial charge is 0.392 e. The lowest BCUT2D eigenvalue weighted by Crippen LogP contribution is -2.37. The second-order valence-corrected chi connectivity index (χ2v) is 9.62. The van der Waals surface area contributed by atoms with Crippen LogP contribution in [0, 0.1) is 0 Å². The van der Waals surface area contributed by atoms with Crippen LogP contribution in [-0.4, -0.2) is 57.6 Å². The van der Waals surface area contributed by atoms with E-state index in [0.717, 1.165) is 29.5 Å². The summed E-state index contributed by atoms with van der Waals surface area (Å²) in [4.78, 5) is 36.1. The maximum atomic E-state index is 13.1. The van der Waals surface area contributed by atoms with Gasteiger partial charge in [-0.3, -0.25) is 9.59 Å². The molecule has 2 aliphatic heterocycles. The number of nitrogens with zero attached hydrogens (tertiary/aromatic N) is 3. The summed E-state index contributed by atoms with van der Waals surface area (Å²) in [5.41, 5.74) is 4.31. The fraction of sp³-hybridized carbons (Fsp3) is 0.333. The van der Waals surface area contributed by atoms with E-state index in [9.17, 15) is 14.7 Å². The Morgan fingerprint density at radius 2 is 1.97 bits per heavy atom. The number of amides is 2.